The van der Waals surface area contributed by atoms with E-state index in [9.17, 15) is 19.7 Å². The molecule has 0 spiro atoms. The van der Waals surface area contributed by atoms with E-state index in [1.165, 1.54) is 44.5 Å². The summed E-state index contributed by atoms with van der Waals surface area (Å²) < 4.78 is 16.6. The third kappa shape index (κ3) is 8.20. The first kappa shape index (κ1) is 30.5. The summed E-state index contributed by atoms with van der Waals surface area (Å²) in [5.41, 5.74) is 2.67. The van der Waals surface area contributed by atoms with Crippen molar-refractivity contribution in [1.82, 2.24) is 10.7 Å². The first-order valence-corrected chi connectivity index (χ1v) is 12.9. The van der Waals surface area contributed by atoms with E-state index in [0.717, 1.165) is 0 Å². The second-order valence-electron chi connectivity index (χ2n) is 9.10. The summed E-state index contributed by atoms with van der Waals surface area (Å²) in [6.45, 7) is 5.36. The van der Waals surface area contributed by atoms with Gasteiger partial charge < -0.3 is 19.2 Å². The SMILES string of the molecule is COc1ccc([N+](=O)[O-])cc1-c1ccc(/C=N\NC(=O)[C@@H](CC(C)C)NC(=O)[C@H](C)Oc2ccc(Cl)cc2Cl)o1. The molecular weight excluding hydrogens is 563 g/mol. The summed E-state index contributed by atoms with van der Waals surface area (Å²) in [6, 6.07) is 11.1. The summed E-state index contributed by atoms with van der Waals surface area (Å²) in [6.07, 6.45) is 0.671. The number of nitro benzene ring substituents is 1. The van der Waals surface area contributed by atoms with Crippen molar-refractivity contribution >= 4 is 46.9 Å². The van der Waals surface area contributed by atoms with E-state index in [1.54, 1.807) is 24.3 Å². The van der Waals surface area contributed by atoms with E-state index in [2.05, 4.69) is 15.8 Å². The number of nitrogens with one attached hydrogen (secondary N) is 2. The van der Waals surface area contributed by atoms with Gasteiger partial charge >= 0.3 is 0 Å². The molecule has 0 saturated carbocycles. The van der Waals surface area contributed by atoms with Crippen molar-refractivity contribution in [2.75, 3.05) is 7.11 Å². The van der Waals surface area contributed by atoms with Gasteiger partial charge in [0, 0.05) is 17.2 Å². The number of rotatable bonds is 12. The van der Waals surface area contributed by atoms with E-state index in [0.29, 0.717) is 28.5 Å². The summed E-state index contributed by atoms with van der Waals surface area (Å²) in [4.78, 5) is 36.3. The van der Waals surface area contributed by atoms with E-state index >= 15 is 0 Å². The number of carbonyl (C=O) groups excluding carboxylic acids is 2. The molecule has 0 fully saturated rings. The number of halogens is 2. The van der Waals surface area contributed by atoms with Crippen molar-refractivity contribution in [1.29, 1.82) is 0 Å². The van der Waals surface area contributed by atoms with Crippen molar-refractivity contribution in [3.05, 3.63) is 74.5 Å². The minimum absolute atomic E-state index is 0.0829. The number of nitrogens with zero attached hydrogens (tertiary/aromatic N) is 2. The van der Waals surface area contributed by atoms with Crippen LogP contribution in [0.5, 0.6) is 11.5 Å². The Morgan fingerprint density at radius 3 is 2.45 bits per heavy atom. The summed E-state index contributed by atoms with van der Waals surface area (Å²) in [5.74, 6) is 0.284. The van der Waals surface area contributed by atoms with Crippen LogP contribution >= 0.6 is 23.2 Å². The van der Waals surface area contributed by atoms with Crippen LogP contribution in [0, 0.1) is 16.0 Å². The second-order valence-corrected chi connectivity index (χ2v) is 9.95. The van der Waals surface area contributed by atoms with Crippen LogP contribution < -0.4 is 20.2 Å². The number of benzene rings is 2. The number of hydrogen-bond donors (Lipinski definition) is 2. The molecule has 0 unspecified atom stereocenters. The highest BCUT2D eigenvalue weighted by atomic mass is 35.5. The molecule has 0 bridgehead atoms. The fourth-order valence-electron chi connectivity index (χ4n) is 3.61. The van der Waals surface area contributed by atoms with Gasteiger partial charge in [-0.05, 0) is 55.7 Å². The number of carbonyl (C=O) groups is 2. The van der Waals surface area contributed by atoms with Crippen molar-refractivity contribution in [2.24, 2.45) is 11.0 Å². The monoisotopic (exact) mass is 590 g/mol. The number of furan rings is 1. The van der Waals surface area contributed by atoms with Crippen molar-refractivity contribution in [2.45, 2.75) is 39.3 Å². The highest BCUT2D eigenvalue weighted by molar-refractivity contribution is 6.35. The van der Waals surface area contributed by atoms with E-state index < -0.39 is 28.9 Å². The first-order valence-electron chi connectivity index (χ1n) is 12.2. The zero-order valence-corrected chi connectivity index (χ0v) is 23.7. The van der Waals surface area contributed by atoms with E-state index in [4.69, 9.17) is 37.1 Å². The van der Waals surface area contributed by atoms with Crippen LogP contribution in [-0.2, 0) is 9.59 Å². The average molecular weight is 591 g/mol. The average Bonchev–Trinajstić information content (AvgIpc) is 3.37. The number of ether oxygens (including phenoxy) is 2. The molecule has 13 heteroatoms. The van der Waals surface area contributed by atoms with Crippen LogP contribution in [0.3, 0.4) is 0 Å². The molecule has 0 aliphatic carbocycles. The lowest BCUT2D eigenvalue weighted by atomic mass is 10.0. The number of hydrazone groups is 1. The maximum Gasteiger partial charge on any atom is 0.270 e. The third-order valence-corrected chi connectivity index (χ3v) is 6.09. The van der Waals surface area contributed by atoms with Gasteiger partial charge in [0.2, 0.25) is 0 Å². The van der Waals surface area contributed by atoms with Crippen molar-refractivity contribution < 1.29 is 28.4 Å². The highest BCUT2D eigenvalue weighted by Crippen LogP contribution is 2.34. The van der Waals surface area contributed by atoms with Crippen LogP contribution in [0.1, 0.15) is 33.0 Å². The predicted octanol–water partition coefficient (Wildman–Crippen LogP) is 5.62. The molecule has 40 heavy (non-hydrogen) atoms. The minimum atomic E-state index is -0.947. The molecule has 0 saturated heterocycles. The van der Waals surface area contributed by atoms with E-state index in [-0.39, 0.29) is 28.1 Å². The van der Waals surface area contributed by atoms with Crippen LogP contribution in [0.25, 0.3) is 11.3 Å². The lowest BCUT2D eigenvalue weighted by Crippen LogP contribution is -2.49. The standard InChI is InChI=1S/C27H28Cl2N4O7/c1-15(2)11-22(31-26(34)16(3)39-25-8-5-17(28)12-21(25)29)27(35)32-30-14-19-7-10-24(40-19)20-13-18(33(36)37)6-9-23(20)38-4/h5-10,12-16,22H,11H2,1-4H3,(H,31,34)(H,32,35)/b30-14-/t16-,22+/m0/s1. The van der Waals surface area contributed by atoms with Gasteiger partial charge in [0.15, 0.2) is 6.10 Å². The molecule has 1 aromatic heterocycles. The summed E-state index contributed by atoms with van der Waals surface area (Å²) >= 11 is 12.0. The van der Waals surface area contributed by atoms with Gasteiger partial charge in [0.25, 0.3) is 17.5 Å². The van der Waals surface area contributed by atoms with Crippen LogP contribution in [0.2, 0.25) is 10.0 Å². The molecule has 2 N–H and O–H groups in total. The number of amides is 2. The van der Waals surface area contributed by atoms with Gasteiger partial charge in [-0.3, -0.25) is 19.7 Å². The summed E-state index contributed by atoms with van der Waals surface area (Å²) in [7, 11) is 1.44. The summed E-state index contributed by atoms with van der Waals surface area (Å²) in [5, 5.41) is 18.5. The predicted molar refractivity (Wildman–Crippen MR) is 151 cm³/mol. The van der Waals surface area contributed by atoms with Crippen LogP contribution in [0.4, 0.5) is 5.69 Å². The van der Waals surface area contributed by atoms with Crippen LogP contribution in [-0.4, -0.2) is 42.2 Å². The maximum absolute atomic E-state index is 12.9. The number of nitro groups is 1. The van der Waals surface area contributed by atoms with E-state index in [1.807, 2.05) is 13.8 Å². The second kappa shape index (κ2) is 13.8. The minimum Gasteiger partial charge on any atom is -0.496 e. The lowest BCUT2D eigenvalue weighted by Gasteiger charge is -2.22. The molecule has 1 heterocycles. The Morgan fingerprint density at radius 2 is 1.80 bits per heavy atom. The van der Waals surface area contributed by atoms with Gasteiger partial charge in [0.05, 0.1) is 28.8 Å². The fourth-order valence-corrected chi connectivity index (χ4v) is 4.07. The smallest absolute Gasteiger partial charge is 0.270 e. The Hall–Kier alpha value is -4.09. The van der Waals surface area contributed by atoms with Gasteiger partial charge in [-0.1, -0.05) is 37.0 Å². The quantitative estimate of drug-likeness (QED) is 0.158. The molecule has 0 aliphatic rings. The lowest BCUT2D eigenvalue weighted by molar-refractivity contribution is -0.384. The van der Waals surface area contributed by atoms with Crippen molar-refractivity contribution in [3.63, 3.8) is 0 Å². The van der Waals surface area contributed by atoms with Crippen LogP contribution in [0.15, 0.2) is 58.0 Å². The molecule has 3 rings (SSSR count). The number of non-ortho nitro benzene ring substituents is 1. The molecule has 2 atom stereocenters. The molecule has 0 aliphatic heterocycles. The van der Waals surface area contributed by atoms with Gasteiger partial charge in [0.1, 0.15) is 29.1 Å². The van der Waals surface area contributed by atoms with Gasteiger partial charge in [-0.25, -0.2) is 5.43 Å². The zero-order valence-electron chi connectivity index (χ0n) is 22.1. The largest absolute Gasteiger partial charge is 0.496 e. The molecule has 2 aromatic carbocycles. The van der Waals surface area contributed by atoms with Gasteiger partial charge in [-0.2, -0.15) is 5.10 Å². The third-order valence-electron chi connectivity index (χ3n) is 5.56. The topological polar surface area (TPSA) is 145 Å². The normalized spacial score (nSPS) is 12.7. The first-order chi connectivity index (χ1) is 19.0. The molecule has 3 aromatic rings. The highest BCUT2D eigenvalue weighted by Gasteiger charge is 2.25. The Balaban J connectivity index is 1.65. The van der Waals surface area contributed by atoms with Gasteiger partial charge in [-0.15, -0.1) is 0 Å². The molecule has 11 nitrogen and oxygen atoms in total. The molecule has 2 amide bonds. The number of methoxy groups -OCH3 is 1. The molecule has 212 valence electrons. The Morgan fingerprint density at radius 1 is 1.07 bits per heavy atom. The molecule has 0 radical (unpaired) electrons. The Kier molecular flexibility index (Phi) is 10.5. The fraction of sp³-hybridized carbons (Fsp3) is 0.296. The molecular formula is C27H28Cl2N4O7. The number of hydrogen-bond acceptors (Lipinski definition) is 8. The maximum atomic E-state index is 12.9. The Labute approximate surface area is 240 Å². The van der Waals surface area contributed by atoms with Crippen molar-refractivity contribution in [3.8, 4) is 22.8 Å². The Bertz CT molecular complexity index is 1410. The zero-order chi connectivity index (χ0) is 29.4.